The van der Waals surface area contributed by atoms with Crippen LogP contribution >= 0.6 is 0 Å². The molecule has 4 rings (SSSR count). The molecule has 0 radical (unpaired) electrons. The van der Waals surface area contributed by atoms with Crippen LogP contribution in [0.25, 0.3) is 17.2 Å². The second-order valence-electron chi connectivity index (χ2n) is 5.01. The van der Waals surface area contributed by atoms with Gasteiger partial charge in [-0.1, -0.05) is 72.8 Å². The summed E-state index contributed by atoms with van der Waals surface area (Å²) in [5.41, 5.74) is 8.16. The van der Waals surface area contributed by atoms with E-state index in [2.05, 4.69) is 72.8 Å². The maximum Gasteiger partial charge on any atom is -0.00879 e. The van der Waals surface area contributed by atoms with E-state index in [-0.39, 0.29) is 0 Å². The van der Waals surface area contributed by atoms with Crippen LogP contribution in [-0.2, 0) is 6.42 Å². The average Bonchev–Trinajstić information content (AvgIpc) is 2.90. The van der Waals surface area contributed by atoms with Gasteiger partial charge < -0.3 is 0 Å². The summed E-state index contributed by atoms with van der Waals surface area (Å²) in [6.45, 7) is 0. The van der Waals surface area contributed by atoms with Crippen molar-refractivity contribution < 1.29 is 0 Å². The molecule has 0 N–H and O–H groups in total. The average molecular weight is 242 g/mol. The van der Waals surface area contributed by atoms with Gasteiger partial charge in [0.15, 0.2) is 0 Å². The molecule has 0 nitrogen and oxygen atoms in total. The molecule has 90 valence electrons. The van der Waals surface area contributed by atoms with E-state index in [0.717, 1.165) is 6.42 Å². The van der Waals surface area contributed by atoms with E-state index in [4.69, 9.17) is 0 Å². The first-order valence-electron chi connectivity index (χ1n) is 6.70. The Morgan fingerprint density at radius 1 is 0.632 bits per heavy atom. The van der Waals surface area contributed by atoms with Gasteiger partial charge in [0, 0.05) is 0 Å². The van der Waals surface area contributed by atoms with E-state index in [1.807, 2.05) is 0 Å². The number of hydrogen-bond acceptors (Lipinski definition) is 0. The van der Waals surface area contributed by atoms with Crippen molar-refractivity contribution in [3.63, 3.8) is 0 Å². The van der Waals surface area contributed by atoms with Gasteiger partial charge in [0.25, 0.3) is 0 Å². The summed E-state index contributed by atoms with van der Waals surface area (Å²) in [7, 11) is 0. The first-order valence-corrected chi connectivity index (χ1v) is 6.70. The zero-order chi connectivity index (χ0) is 12.7. The molecule has 0 atom stereocenters. The van der Waals surface area contributed by atoms with Gasteiger partial charge in [-0.3, -0.25) is 0 Å². The zero-order valence-electron chi connectivity index (χ0n) is 10.6. The van der Waals surface area contributed by atoms with Crippen LogP contribution in [0.4, 0.5) is 0 Å². The van der Waals surface area contributed by atoms with Gasteiger partial charge in [0.05, 0.1) is 0 Å². The van der Waals surface area contributed by atoms with Gasteiger partial charge in [-0.05, 0) is 39.8 Å². The Bertz CT molecular complexity index is 742. The number of benzene rings is 2. The highest BCUT2D eigenvalue weighted by Crippen LogP contribution is 2.38. The summed E-state index contributed by atoms with van der Waals surface area (Å²) in [6, 6.07) is 17.3. The standard InChI is InChI=1S/C19H14/c1-3-9-16-14(6-1)8-5-11-18(16)19-13-12-15-7-2-4-10-17(15)19/h1-7,9-13H,8H2/b19-18-. The first-order chi connectivity index (χ1) is 9.43. The topological polar surface area (TPSA) is 0 Å². The molecule has 0 bridgehead atoms. The molecule has 2 aromatic rings. The molecule has 0 saturated heterocycles. The van der Waals surface area contributed by atoms with E-state index >= 15 is 0 Å². The molecule has 0 aliphatic heterocycles. The minimum absolute atomic E-state index is 1.04. The Hall–Kier alpha value is -2.34. The van der Waals surface area contributed by atoms with Crippen molar-refractivity contribution in [1.29, 1.82) is 0 Å². The molecular formula is C19H14. The maximum atomic E-state index is 2.27. The number of hydrogen-bond donors (Lipinski definition) is 0. The van der Waals surface area contributed by atoms with Crippen molar-refractivity contribution in [2.75, 3.05) is 0 Å². The van der Waals surface area contributed by atoms with Gasteiger partial charge in [-0.25, -0.2) is 0 Å². The van der Waals surface area contributed by atoms with Crippen molar-refractivity contribution in [1.82, 2.24) is 0 Å². The van der Waals surface area contributed by atoms with Crippen LogP contribution in [0, 0.1) is 0 Å². The Kier molecular flexibility index (Phi) is 2.28. The maximum absolute atomic E-state index is 2.27. The summed E-state index contributed by atoms with van der Waals surface area (Å²) in [4.78, 5) is 0. The fourth-order valence-corrected chi connectivity index (χ4v) is 2.97. The van der Waals surface area contributed by atoms with E-state index in [9.17, 15) is 0 Å². The molecule has 0 amide bonds. The molecule has 0 heterocycles. The zero-order valence-corrected chi connectivity index (χ0v) is 10.6. The lowest BCUT2D eigenvalue weighted by molar-refractivity contribution is 1.23. The Morgan fingerprint density at radius 3 is 2.32 bits per heavy atom. The quantitative estimate of drug-likeness (QED) is 0.626. The van der Waals surface area contributed by atoms with Crippen LogP contribution in [0.15, 0.2) is 66.8 Å². The lowest BCUT2D eigenvalue weighted by atomic mass is 9.88. The number of fused-ring (bicyclic) bond motifs is 2. The van der Waals surface area contributed by atoms with Crippen molar-refractivity contribution in [2.24, 2.45) is 0 Å². The first kappa shape index (κ1) is 10.6. The van der Waals surface area contributed by atoms with E-state index < -0.39 is 0 Å². The molecule has 2 aliphatic carbocycles. The van der Waals surface area contributed by atoms with Crippen molar-refractivity contribution in [2.45, 2.75) is 6.42 Å². The van der Waals surface area contributed by atoms with Gasteiger partial charge in [-0.15, -0.1) is 0 Å². The van der Waals surface area contributed by atoms with E-state index in [1.54, 1.807) is 0 Å². The fourth-order valence-electron chi connectivity index (χ4n) is 2.97. The summed E-state index contributed by atoms with van der Waals surface area (Å²) < 4.78 is 0. The summed E-state index contributed by atoms with van der Waals surface area (Å²) in [5.74, 6) is 0. The number of rotatable bonds is 0. The van der Waals surface area contributed by atoms with Crippen LogP contribution in [0.2, 0.25) is 0 Å². The monoisotopic (exact) mass is 242 g/mol. The summed E-state index contributed by atoms with van der Waals surface area (Å²) in [6.07, 6.45) is 10.0. The highest BCUT2D eigenvalue weighted by Gasteiger charge is 2.17. The van der Waals surface area contributed by atoms with Gasteiger partial charge in [0.1, 0.15) is 0 Å². The van der Waals surface area contributed by atoms with E-state index in [1.165, 1.54) is 33.4 Å². The van der Waals surface area contributed by atoms with Crippen LogP contribution in [0.3, 0.4) is 0 Å². The third-order valence-electron chi connectivity index (χ3n) is 3.90. The third kappa shape index (κ3) is 1.61. The van der Waals surface area contributed by atoms with Crippen LogP contribution in [-0.4, -0.2) is 0 Å². The lowest BCUT2D eigenvalue weighted by Gasteiger charge is -2.16. The summed E-state index contributed by atoms with van der Waals surface area (Å²) in [5, 5.41) is 0. The largest absolute Gasteiger partial charge is 0.0795 e. The SMILES string of the molecule is C1=C/C(=C2\C=Cc3ccccc32)c2ccccc2C1. The van der Waals surface area contributed by atoms with Gasteiger partial charge in [-0.2, -0.15) is 0 Å². The van der Waals surface area contributed by atoms with Crippen LogP contribution in [0.1, 0.15) is 22.3 Å². The highest BCUT2D eigenvalue weighted by molar-refractivity contribution is 6.06. The smallest absolute Gasteiger partial charge is 0.00879 e. The molecule has 0 spiro atoms. The van der Waals surface area contributed by atoms with Gasteiger partial charge >= 0.3 is 0 Å². The molecule has 0 saturated carbocycles. The highest BCUT2D eigenvalue weighted by atomic mass is 14.2. The molecule has 0 aromatic heterocycles. The predicted octanol–water partition coefficient (Wildman–Crippen LogP) is 4.74. The Balaban J connectivity index is 1.99. The van der Waals surface area contributed by atoms with Crippen LogP contribution < -0.4 is 0 Å². The molecular weight excluding hydrogens is 228 g/mol. The summed E-state index contributed by atoms with van der Waals surface area (Å²) >= 11 is 0. The molecule has 0 heteroatoms. The number of allylic oxidation sites excluding steroid dienone is 5. The predicted molar refractivity (Wildman–Crippen MR) is 81.6 cm³/mol. The Labute approximate surface area is 113 Å². The second-order valence-corrected chi connectivity index (χ2v) is 5.01. The van der Waals surface area contributed by atoms with Crippen molar-refractivity contribution in [3.8, 4) is 0 Å². The van der Waals surface area contributed by atoms with E-state index in [0.29, 0.717) is 0 Å². The molecule has 0 fully saturated rings. The minimum Gasteiger partial charge on any atom is -0.0795 e. The normalized spacial score (nSPS) is 19.4. The lowest BCUT2D eigenvalue weighted by Crippen LogP contribution is -1.98. The third-order valence-corrected chi connectivity index (χ3v) is 3.90. The fraction of sp³-hybridized carbons (Fsp3) is 0.0526. The molecule has 19 heavy (non-hydrogen) atoms. The minimum atomic E-state index is 1.04. The van der Waals surface area contributed by atoms with Crippen molar-refractivity contribution >= 4 is 17.2 Å². The molecule has 0 unspecified atom stereocenters. The molecule has 2 aliphatic rings. The second kappa shape index (κ2) is 4.10. The van der Waals surface area contributed by atoms with Crippen molar-refractivity contribution in [3.05, 3.63) is 89.0 Å². The Morgan fingerprint density at radius 2 is 1.37 bits per heavy atom. The van der Waals surface area contributed by atoms with Gasteiger partial charge in [0.2, 0.25) is 0 Å². The molecule has 2 aromatic carbocycles. The van der Waals surface area contributed by atoms with Crippen LogP contribution in [0.5, 0.6) is 0 Å².